The van der Waals surface area contributed by atoms with Crippen LogP contribution in [0.2, 0.25) is 0 Å². The molecule has 2 aromatic rings. The van der Waals surface area contributed by atoms with Gasteiger partial charge >= 0.3 is 0 Å². The molecule has 0 bridgehead atoms. The molecule has 1 aliphatic carbocycles. The summed E-state index contributed by atoms with van der Waals surface area (Å²) in [5.74, 6) is -0.0213. The molecule has 0 aliphatic heterocycles. The second kappa shape index (κ2) is 5.41. The molecule has 1 aliphatic rings. The minimum atomic E-state index is -0.482. The zero-order valence-electron chi connectivity index (χ0n) is 11.7. The Hall–Kier alpha value is -3.01. The minimum Gasteiger partial charge on any atom is -0.294 e. The molecule has 22 heavy (non-hydrogen) atoms. The first kappa shape index (κ1) is 13.9. The molecule has 1 aromatic heterocycles. The number of benzene rings is 1. The summed E-state index contributed by atoms with van der Waals surface area (Å²) in [6, 6.07) is 8.08. The highest BCUT2D eigenvalue weighted by atomic mass is 16.6. The topological polar surface area (TPSA) is 102 Å². The normalized spacial score (nSPS) is 13.5. The molecule has 1 heterocycles. The lowest BCUT2D eigenvalue weighted by Gasteiger charge is -2.12. The summed E-state index contributed by atoms with van der Waals surface area (Å²) in [5, 5.41) is 24.2. The molecule has 0 unspecified atom stereocenters. The zero-order chi connectivity index (χ0) is 15.7. The van der Waals surface area contributed by atoms with Crippen LogP contribution in [-0.4, -0.2) is 20.5 Å². The van der Waals surface area contributed by atoms with E-state index >= 15 is 0 Å². The maximum Gasteiger partial charge on any atom is 0.270 e. The van der Waals surface area contributed by atoms with Crippen LogP contribution in [0.15, 0.2) is 24.3 Å². The number of carbonyl (C=O) groups is 1. The molecule has 1 aromatic carbocycles. The molecule has 7 nitrogen and oxygen atoms in total. The van der Waals surface area contributed by atoms with Crippen molar-refractivity contribution in [2.75, 3.05) is 0 Å². The van der Waals surface area contributed by atoms with Crippen molar-refractivity contribution in [1.29, 1.82) is 5.26 Å². The fourth-order valence-corrected chi connectivity index (χ4v) is 2.75. The Labute approximate surface area is 125 Å². The van der Waals surface area contributed by atoms with Gasteiger partial charge in [-0.1, -0.05) is 12.1 Å². The standard InChI is InChI=1S/C15H12N4O3/c16-7-8-18-12-5-2-6-13(20)14(12)15(17-18)10-3-1-4-11(9-10)19(21)22/h1,3-4,9H,2,5-6,8H2. The van der Waals surface area contributed by atoms with Gasteiger partial charge in [-0.15, -0.1) is 0 Å². The van der Waals surface area contributed by atoms with Gasteiger partial charge in [-0.3, -0.25) is 19.6 Å². The number of hydrogen-bond donors (Lipinski definition) is 0. The summed E-state index contributed by atoms with van der Waals surface area (Å²) >= 11 is 0. The number of Topliss-reactive ketones (excluding diaryl/α,β-unsaturated/α-hetero) is 1. The van der Waals surface area contributed by atoms with Crippen molar-refractivity contribution in [3.63, 3.8) is 0 Å². The first-order valence-corrected chi connectivity index (χ1v) is 6.86. The average Bonchev–Trinajstić information content (AvgIpc) is 2.88. The van der Waals surface area contributed by atoms with Gasteiger partial charge in [0.05, 0.1) is 22.2 Å². The maximum atomic E-state index is 12.2. The summed E-state index contributed by atoms with van der Waals surface area (Å²) < 4.78 is 1.53. The van der Waals surface area contributed by atoms with Crippen LogP contribution in [0.4, 0.5) is 5.69 Å². The maximum absolute atomic E-state index is 12.2. The SMILES string of the molecule is N#CCn1nc(-c2cccc([N+](=O)[O-])c2)c2c1CCCC2=O. The van der Waals surface area contributed by atoms with Gasteiger partial charge in [0.25, 0.3) is 5.69 Å². The average molecular weight is 296 g/mol. The number of nitro benzene ring substituents is 1. The molecule has 0 atom stereocenters. The predicted molar refractivity (Wildman–Crippen MR) is 77.2 cm³/mol. The first-order valence-electron chi connectivity index (χ1n) is 6.86. The van der Waals surface area contributed by atoms with E-state index < -0.39 is 4.92 Å². The number of carbonyl (C=O) groups excluding carboxylic acids is 1. The van der Waals surface area contributed by atoms with Crippen LogP contribution in [0.25, 0.3) is 11.3 Å². The fraction of sp³-hybridized carbons (Fsp3) is 0.267. The van der Waals surface area contributed by atoms with Crippen molar-refractivity contribution in [3.05, 3.63) is 45.6 Å². The molecule has 0 saturated heterocycles. The number of non-ortho nitro benzene ring substituents is 1. The number of nitro groups is 1. The summed E-state index contributed by atoms with van der Waals surface area (Å²) in [6.07, 6.45) is 1.86. The van der Waals surface area contributed by atoms with E-state index in [1.54, 1.807) is 12.1 Å². The van der Waals surface area contributed by atoms with E-state index in [4.69, 9.17) is 5.26 Å². The minimum absolute atomic E-state index is 0.0213. The molecule has 0 amide bonds. The molecule has 0 N–H and O–H groups in total. The second-order valence-corrected chi connectivity index (χ2v) is 5.07. The summed E-state index contributed by atoms with van der Waals surface area (Å²) in [5.41, 5.74) is 2.15. The molecule has 110 valence electrons. The lowest BCUT2D eigenvalue weighted by molar-refractivity contribution is -0.384. The Kier molecular flexibility index (Phi) is 3.43. The summed E-state index contributed by atoms with van der Waals surface area (Å²) in [4.78, 5) is 22.7. The third kappa shape index (κ3) is 2.24. The quantitative estimate of drug-likeness (QED) is 0.639. The lowest BCUT2D eigenvalue weighted by Crippen LogP contribution is -2.13. The molecule has 0 fully saturated rings. The van der Waals surface area contributed by atoms with E-state index in [-0.39, 0.29) is 18.0 Å². The Morgan fingerprint density at radius 3 is 2.95 bits per heavy atom. The van der Waals surface area contributed by atoms with Gasteiger partial charge in [-0.05, 0) is 12.8 Å². The molecular weight excluding hydrogens is 284 g/mol. The van der Waals surface area contributed by atoms with E-state index in [1.807, 2.05) is 6.07 Å². The highest BCUT2D eigenvalue weighted by Crippen LogP contribution is 2.32. The largest absolute Gasteiger partial charge is 0.294 e. The second-order valence-electron chi connectivity index (χ2n) is 5.07. The predicted octanol–water partition coefficient (Wildman–Crippen LogP) is 2.50. The van der Waals surface area contributed by atoms with Crippen molar-refractivity contribution >= 4 is 11.5 Å². The molecule has 0 radical (unpaired) electrons. The van der Waals surface area contributed by atoms with Crippen LogP contribution in [0.5, 0.6) is 0 Å². The Bertz CT molecular complexity index is 817. The van der Waals surface area contributed by atoms with Crippen LogP contribution in [0, 0.1) is 21.4 Å². The smallest absolute Gasteiger partial charge is 0.270 e. The highest BCUT2D eigenvalue weighted by Gasteiger charge is 2.28. The molecular formula is C15H12N4O3. The number of nitrogens with zero attached hydrogens (tertiary/aromatic N) is 4. The van der Waals surface area contributed by atoms with Crippen molar-refractivity contribution in [2.45, 2.75) is 25.8 Å². The van der Waals surface area contributed by atoms with Gasteiger partial charge in [0.1, 0.15) is 12.2 Å². The van der Waals surface area contributed by atoms with Gasteiger partial charge in [-0.2, -0.15) is 10.4 Å². The molecule has 7 heteroatoms. The van der Waals surface area contributed by atoms with Crippen LogP contribution >= 0.6 is 0 Å². The number of ketones is 1. The van der Waals surface area contributed by atoms with Gasteiger partial charge in [0.2, 0.25) is 0 Å². The summed E-state index contributed by atoms with van der Waals surface area (Å²) in [7, 11) is 0. The fourth-order valence-electron chi connectivity index (χ4n) is 2.75. The van der Waals surface area contributed by atoms with E-state index in [0.29, 0.717) is 29.7 Å². The van der Waals surface area contributed by atoms with Gasteiger partial charge in [0.15, 0.2) is 5.78 Å². The number of aromatic nitrogens is 2. The van der Waals surface area contributed by atoms with Gasteiger partial charge in [-0.25, -0.2) is 0 Å². The third-order valence-corrected chi connectivity index (χ3v) is 3.70. The number of fused-ring (bicyclic) bond motifs is 1. The number of rotatable bonds is 3. The van der Waals surface area contributed by atoms with Gasteiger partial charge < -0.3 is 0 Å². The number of hydrogen-bond acceptors (Lipinski definition) is 5. The van der Waals surface area contributed by atoms with Crippen LogP contribution < -0.4 is 0 Å². The summed E-state index contributed by atoms with van der Waals surface area (Å²) in [6.45, 7) is 0.0601. The Morgan fingerprint density at radius 2 is 2.23 bits per heavy atom. The highest BCUT2D eigenvalue weighted by molar-refractivity contribution is 6.03. The van der Waals surface area contributed by atoms with Gasteiger partial charge in [0, 0.05) is 24.1 Å². The third-order valence-electron chi connectivity index (χ3n) is 3.70. The zero-order valence-corrected chi connectivity index (χ0v) is 11.7. The van der Waals surface area contributed by atoms with Crippen LogP contribution in [0.3, 0.4) is 0 Å². The molecule has 0 spiro atoms. The van der Waals surface area contributed by atoms with Crippen molar-refractivity contribution in [2.24, 2.45) is 0 Å². The molecule has 3 rings (SSSR count). The first-order chi connectivity index (χ1) is 10.6. The van der Waals surface area contributed by atoms with Crippen molar-refractivity contribution in [3.8, 4) is 17.3 Å². The van der Waals surface area contributed by atoms with E-state index in [0.717, 1.165) is 12.1 Å². The number of nitriles is 1. The van der Waals surface area contributed by atoms with Crippen LogP contribution in [0.1, 0.15) is 28.9 Å². The monoisotopic (exact) mass is 296 g/mol. The van der Waals surface area contributed by atoms with E-state index in [1.165, 1.54) is 16.8 Å². The van der Waals surface area contributed by atoms with E-state index in [9.17, 15) is 14.9 Å². The van der Waals surface area contributed by atoms with Crippen molar-refractivity contribution in [1.82, 2.24) is 9.78 Å². The lowest BCUT2D eigenvalue weighted by atomic mass is 9.92. The molecule has 0 saturated carbocycles. The van der Waals surface area contributed by atoms with Crippen molar-refractivity contribution < 1.29 is 9.72 Å². The van der Waals surface area contributed by atoms with E-state index in [2.05, 4.69) is 5.10 Å². The van der Waals surface area contributed by atoms with Crippen LogP contribution in [-0.2, 0) is 13.0 Å². The Morgan fingerprint density at radius 1 is 1.41 bits per heavy atom. The Balaban J connectivity index is 2.19.